The minimum atomic E-state index is -0.400. The molecule has 0 aliphatic rings. The van der Waals surface area contributed by atoms with Crippen molar-refractivity contribution in [3.8, 4) is 17.1 Å². The van der Waals surface area contributed by atoms with Gasteiger partial charge in [0.1, 0.15) is 17.8 Å². The van der Waals surface area contributed by atoms with E-state index in [-0.39, 0.29) is 0 Å². The van der Waals surface area contributed by atoms with Crippen molar-refractivity contribution in [1.82, 2.24) is 19.1 Å². The molecule has 2 heterocycles. The molecule has 25 heavy (non-hydrogen) atoms. The predicted octanol–water partition coefficient (Wildman–Crippen LogP) is 3.21. The van der Waals surface area contributed by atoms with Gasteiger partial charge < -0.3 is 9.30 Å². The largest absolute Gasteiger partial charge is 0.464 e. The standard InChI is InChI=1S/C19H16N4O2/c1-22-17(19(24)25-2)11-20-18(22)13-7-9-14(10-8-13)23-12-21-15-5-3-4-6-16(15)23/h3-12H,1-2H3. The van der Waals surface area contributed by atoms with Gasteiger partial charge in [0, 0.05) is 18.3 Å². The Morgan fingerprint density at radius 3 is 2.56 bits per heavy atom. The van der Waals surface area contributed by atoms with Crippen molar-refractivity contribution < 1.29 is 9.53 Å². The molecule has 6 nitrogen and oxygen atoms in total. The van der Waals surface area contributed by atoms with E-state index in [0.29, 0.717) is 11.5 Å². The van der Waals surface area contributed by atoms with Gasteiger partial charge in [0.05, 0.1) is 24.3 Å². The van der Waals surface area contributed by atoms with Crippen LogP contribution in [0.4, 0.5) is 0 Å². The Labute approximate surface area is 144 Å². The molecule has 0 spiro atoms. The number of methoxy groups -OCH3 is 1. The van der Waals surface area contributed by atoms with E-state index >= 15 is 0 Å². The topological polar surface area (TPSA) is 61.9 Å². The minimum absolute atomic E-state index is 0.400. The number of rotatable bonds is 3. The Bertz CT molecular complexity index is 1060. The Balaban J connectivity index is 1.71. The lowest BCUT2D eigenvalue weighted by Gasteiger charge is -2.07. The van der Waals surface area contributed by atoms with Gasteiger partial charge in [-0.1, -0.05) is 12.1 Å². The molecule has 0 atom stereocenters. The van der Waals surface area contributed by atoms with Crippen molar-refractivity contribution in [2.45, 2.75) is 0 Å². The van der Waals surface area contributed by atoms with Crippen LogP contribution in [-0.4, -0.2) is 32.2 Å². The maximum absolute atomic E-state index is 11.7. The molecule has 0 bridgehead atoms. The van der Waals surface area contributed by atoms with Crippen molar-refractivity contribution in [3.05, 3.63) is 66.7 Å². The molecule has 0 amide bonds. The average molecular weight is 332 g/mol. The molecule has 0 radical (unpaired) electrons. The molecule has 0 N–H and O–H groups in total. The van der Waals surface area contributed by atoms with Gasteiger partial charge in [-0.3, -0.25) is 4.57 Å². The number of ether oxygens (including phenoxy) is 1. The third-order valence-corrected chi connectivity index (χ3v) is 4.24. The molecule has 2 aromatic carbocycles. The molecule has 0 saturated heterocycles. The van der Waals surface area contributed by atoms with Crippen LogP contribution in [0.15, 0.2) is 61.1 Å². The normalized spacial score (nSPS) is 11.0. The Hall–Kier alpha value is -3.41. The highest BCUT2D eigenvalue weighted by Crippen LogP contribution is 2.23. The summed E-state index contributed by atoms with van der Waals surface area (Å²) < 4.78 is 8.53. The highest BCUT2D eigenvalue weighted by atomic mass is 16.5. The Morgan fingerprint density at radius 2 is 1.80 bits per heavy atom. The molecular weight excluding hydrogens is 316 g/mol. The first kappa shape index (κ1) is 15.1. The van der Waals surface area contributed by atoms with Gasteiger partial charge in [-0.25, -0.2) is 14.8 Å². The summed E-state index contributed by atoms with van der Waals surface area (Å²) in [5, 5.41) is 0. The first-order valence-electron chi connectivity index (χ1n) is 7.82. The van der Waals surface area contributed by atoms with Crippen LogP contribution in [-0.2, 0) is 11.8 Å². The SMILES string of the molecule is COC(=O)c1cnc(-c2ccc(-n3cnc4ccccc43)cc2)n1C. The predicted molar refractivity (Wildman–Crippen MR) is 94.6 cm³/mol. The first-order valence-corrected chi connectivity index (χ1v) is 7.82. The molecule has 0 saturated carbocycles. The van der Waals surface area contributed by atoms with Crippen LogP contribution in [0.5, 0.6) is 0 Å². The lowest BCUT2D eigenvalue weighted by molar-refractivity contribution is 0.0590. The molecule has 4 aromatic rings. The maximum Gasteiger partial charge on any atom is 0.356 e. The van der Waals surface area contributed by atoms with Crippen molar-refractivity contribution in [2.24, 2.45) is 7.05 Å². The summed E-state index contributed by atoms with van der Waals surface area (Å²) in [4.78, 5) is 20.5. The Morgan fingerprint density at radius 1 is 1.04 bits per heavy atom. The summed E-state index contributed by atoms with van der Waals surface area (Å²) in [7, 11) is 3.16. The molecule has 0 aliphatic heterocycles. The summed E-state index contributed by atoms with van der Waals surface area (Å²) >= 11 is 0. The summed E-state index contributed by atoms with van der Waals surface area (Å²) in [5.74, 6) is 0.310. The summed E-state index contributed by atoms with van der Waals surface area (Å²) in [5.41, 5.74) is 4.37. The van der Waals surface area contributed by atoms with E-state index in [1.54, 1.807) is 11.6 Å². The fraction of sp³-hybridized carbons (Fsp3) is 0.105. The third-order valence-electron chi connectivity index (χ3n) is 4.24. The summed E-state index contributed by atoms with van der Waals surface area (Å²) in [6, 6.07) is 16.0. The van der Waals surface area contributed by atoms with E-state index in [9.17, 15) is 4.79 Å². The number of aromatic nitrogens is 4. The fourth-order valence-electron chi connectivity index (χ4n) is 2.91. The maximum atomic E-state index is 11.7. The van der Waals surface area contributed by atoms with E-state index in [1.807, 2.05) is 59.4 Å². The van der Waals surface area contributed by atoms with Crippen molar-refractivity contribution in [3.63, 3.8) is 0 Å². The molecular formula is C19H16N4O2. The van der Waals surface area contributed by atoms with Crippen molar-refractivity contribution >= 4 is 17.0 Å². The van der Waals surface area contributed by atoms with E-state index in [1.165, 1.54) is 13.3 Å². The number of nitrogens with zero attached hydrogens (tertiary/aromatic N) is 4. The smallest absolute Gasteiger partial charge is 0.356 e. The van der Waals surface area contributed by atoms with Crippen LogP contribution in [0.1, 0.15) is 10.5 Å². The number of benzene rings is 2. The van der Waals surface area contributed by atoms with E-state index in [2.05, 4.69) is 9.97 Å². The zero-order valence-corrected chi connectivity index (χ0v) is 13.9. The number of hydrogen-bond acceptors (Lipinski definition) is 4. The van der Waals surface area contributed by atoms with E-state index in [0.717, 1.165) is 22.3 Å². The second kappa shape index (κ2) is 5.90. The van der Waals surface area contributed by atoms with Crippen LogP contribution in [0.25, 0.3) is 28.1 Å². The van der Waals surface area contributed by atoms with Gasteiger partial charge in [0.25, 0.3) is 0 Å². The summed E-state index contributed by atoms with van der Waals surface area (Å²) in [6.07, 6.45) is 3.34. The van der Waals surface area contributed by atoms with E-state index < -0.39 is 5.97 Å². The van der Waals surface area contributed by atoms with Gasteiger partial charge in [-0.2, -0.15) is 0 Å². The van der Waals surface area contributed by atoms with Gasteiger partial charge in [-0.05, 0) is 36.4 Å². The van der Waals surface area contributed by atoms with Gasteiger partial charge in [0.2, 0.25) is 0 Å². The summed E-state index contributed by atoms with van der Waals surface area (Å²) in [6.45, 7) is 0. The van der Waals surface area contributed by atoms with Crippen molar-refractivity contribution in [2.75, 3.05) is 7.11 Å². The number of carbonyl (C=O) groups is 1. The molecule has 0 aliphatic carbocycles. The van der Waals surface area contributed by atoms with Gasteiger partial charge in [-0.15, -0.1) is 0 Å². The third kappa shape index (κ3) is 2.48. The Kier molecular flexibility index (Phi) is 3.57. The quantitative estimate of drug-likeness (QED) is 0.541. The molecule has 6 heteroatoms. The van der Waals surface area contributed by atoms with E-state index in [4.69, 9.17) is 4.74 Å². The number of carbonyl (C=O) groups excluding carboxylic acids is 1. The molecule has 2 aromatic heterocycles. The van der Waals surface area contributed by atoms with Crippen LogP contribution in [0.3, 0.4) is 0 Å². The molecule has 4 rings (SSSR count). The second-order valence-corrected chi connectivity index (χ2v) is 5.67. The lowest BCUT2D eigenvalue weighted by Crippen LogP contribution is -2.08. The van der Waals surface area contributed by atoms with Gasteiger partial charge in [0.15, 0.2) is 0 Å². The molecule has 124 valence electrons. The number of fused-ring (bicyclic) bond motifs is 1. The fourth-order valence-corrected chi connectivity index (χ4v) is 2.91. The minimum Gasteiger partial charge on any atom is -0.464 e. The number of esters is 1. The zero-order valence-electron chi connectivity index (χ0n) is 13.9. The van der Waals surface area contributed by atoms with Gasteiger partial charge >= 0.3 is 5.97 Å². The van der Waals surface area contributed by atoms with Crippen LogP contribution in [0, 0.1) is 0 Å². The average Bonchev–Trinajstić information content (AvgIpc) is 3.25. The van der Waals surface area contributed by atoms with Crippen LogP contribution in [0.2, 0.25) is 0 Å². The number of hydrogen-bond donors (Lipinski definition) is 0. The zero-order chi connectivity index (χ0) is 17.4. The lowest BCUT2D eigenvalue weighted by atomic mass is 10.2. The molecule has 0 unspecified atom stereocenters. The number of para-hydroxylation sites is 2. The van der Waals surface area contributed by atoms with Crippen LogP contribution >= 0.6 is 0 Å². The first-order chi connectivity index (χ1) is 12.2. The van der Waals surface area contributed by atoms with Crippen molar-refractivity contribution in [1.29, 1.82) is 0 Å². The number of imidazole rings is 2. The van der Waals surface area contributed by atoms with Crippen LogP contribution < -0.4 is 0 Å². The second-order valence-electron chi connectivity index (χ2n) is 5.67. The molecule has 0 fully saturated rings. The highest BCUT2D eigenvalue weighted by Gasteiger charge is 2.15. The monoisotopic (exact) mass is 332 g/mol. The highest BCUT2D eigenvalue weighted by molar-refractivity contribution is 5.88.